The van der Waals surface area contributed by atoms with E-state index in [1.165, 1.54) is 0 Å². The van der Waals surface area contributed by atoms with Gasteiger partial charge in [0.05, 0.1) is 19.1 Å². The average Bonchev–Trinajstić information content (AvgIpc) is 2.52. The lowest BCUT2D eigenvalue weighted by Gasteiger charge is -2.30. The van der Waals surface area contributed by atoms with Crippen molar-refractivity contribution in [2.75, 3.05) is 13.7 Å². The van der Waals surface area contributed by atoms with Crippen LogP contribution in [0.1, 0.15) is 31.7 Å². The number of hydrogen-bond donors (Lipinski definition) is 1. The van der Waals surface area contributed by atoms with Gasteiger partial charge in [0.25, 0.3) is 0 Å². The monoisotopic (exact) mass is 277 g/mol. The fourth-order valence-electron chi connectivity index (χ4n) is 2.70. The molecular weight excluding hydrogens is 254 g/mol. The van der Waals surface area contributed by atoms with Crippen LogP contribution in [0.4, 0.5) is 0 Å². The number of hydrogen-bond acceptors (Lipinski definition) is 3. The molecule has 1 aromatic carbocycles. The highest BCUT2D eigenvalue weighted by Crippen LogP contribution is 2.24. The molecule has 4 nitrogen and oxygen atoms in total. The normalized spacial score (nSPS) is 22.3. The van der Waals surface area contributed by atoms with Crippen molar-refractivity contribution in [2.45, 2.75) is 38.8 Å². The first kappa shape index (κ1) is 14.9. The quantitative estimate of drug-likeness (QED) is 0.899. The first-order valence-electron chi connectivity index (χ1n) is 7.27. The van der Waals surface area contributed by atoms with Crippen LogP contribution in [0.5, 0.6) is 5.75 Å². The molecule has 1 aliphatic heterocycles. The predicted octanol–water partition coefficient (Wildman–Crippen LogP) is 2.52. The van der Waals surface area contributed by atoms with Crippen LogP contribution in [0.3, 0.4) is 0 Å². The zero-order chi connectivity index (χ0) is 14.4. The van der Waals surface area contributed by atoms with Crippen molar-refractivity contribution < 1.29 is 14.3 Å². The first-order chi connectivity index (χ1) is 9.76. The Labute approximate surface area is 120 Å². The van der Waals surface area contributed by atoms with Crippen LogP contribution >= 0.6 is 0 Å². The number of methoxy groups -OCH3 is 1. The Kier molecular flexibility index (Phi) is 5.41. The Balaban J connectivity index is 1.94. The highest BCUT2D eigenvalue weighted by Gasteiger charge is 2.30. The molecule has 0 radical (unpaired) electrons. The smallest absolute Gasteiger partial charge is 0.226 e. The third-order valence-electron chi connectivity index (χ3n) is 3.82. The van der Waals surface area contributed by atoms with Gasteiger partial charge in [0.15, 0.2) is 0 Å². The van der Waals surface area contributed by atoms with Crippen LogP contribution in [0.15, 0.2) is 24.3 Å². The van der Waals surface area contributed by atoms with Gasteiger partial charge in [-0.15, -0.1) is 0 Å². The molecule has 0 saturated carbocycles. The highest BCUT2D eigenvalue weighted by atomic mass is 16.5. The third kappa shape index (κ3) is 3.51. The first-order valence-corrected chi connectivity index (χ1v) is 7.27. The van der Waals surface area contributed by atoms with E-state index in [2.05, 4.69) is 12.2 Å². The van der Waals surface area contributed by atoms with E-state index in [0.717, 1.165) is 37.2 Å². The minimum atomic E-state index is -0.0246. The lowest BCUT2D eigenvalue weighted by atomic mass is 9.92. The molecule has 4 heteroatoms. The number of benzene rings is 1. The molecule has 110 valence electrons. The van der Waals surface area contributed by atoms with E-state index < -0.39 is 0 Å². The summed E-state index contributed by atoms with van der Waals surface area (Å²) in [6.07, 6.45) is 2.81. The van der Waals surface area contributed by atoms with Crippen LogP contribution < -0.4 is 10.1 Å². The lowest BCUT2D eigenvalue weighted by Crippen LogP contribution is -2.41. The second-order valence-electron chi connectivity index (χ2n) is 5.10. The molecule has 1 saturated heterocycles. The molecule has 1 N–H and O–H groups in total. The number of para-hydroxylation sites is 1. The van der Waals surface area contributed by atoms with Crippen molar-refractivity contribution in [3.63, 3.8) is 0 Å². The molecule has 2 atom stereocenters. The summed E-state index contributed by atoms with van der Waals surface area (Å²) in [5.41, 5.74) is 0.994. The molecule has 2 rings (SSSR count). The van der Waals surface area contributed by atoms with E-state index in [1.54, 1.807) is 7.11 Å². The van der Waals surface area contributed by atoms with Gasteiger partial charge in [0.2, 0.25) is 5.91 Å². The Bertz CT molecular complexity index is 447. The minimum Gasteiger partial charge on any atom is -0.496 e. The maximum absolute atomic E-state index is 12.3. The number of carbonyl (C=O) groups is 1. The van der Waals surface area contributed by atoms with E-state index in [9.17, 15) is 4.79 Å². The van der Waals surface area contributed by atoms with Gasteiger partial charge in [-0.3, -0.25) is 4.79 Å². The van der Waals surface area contributed by atoms with Crippen LogP contribution in [0.2, 0.25) is 0 Å². The molecule has 1 aromatic rings. The topological polar surface area (TPSA) is 47.6 Å². The van der Waals surface area contributed by atoms with Gasteiger partial charge >= 0.3 is 0 Å². The molecule has 1 amide bonds. The summed E-state index contributed by atoms with van der Waals surface area (Å²) in [6, 6.07) is 7.74. The van der Waals surface area contributed by atoms with Crippen molar-refractivity contribution in [2.24, 2.45) is 5.92 Å². The summed E-state index contributed by atoms with van der Waals surface area (Å²) in [5, 5.41) is 3.01. The van der Waals surface area contributed by atoms with Crippen LogP contribution in [-0.2, 0) is 16.1 Å². The fourth-order valence-corrected chi connectivity index (χ4v) is 2.70. The summed E-state index contributed by atoms with van der Waals surface area (Å²) in [6.45, 7) is 3.33. The van der Waals surface area contributed by atoms with Crippen molar-refractivity contribution in [3.05, 3.63) is 29.8 Å². The minimum absolute atomic E-state index is 0.0246. The Hall–Kier alpha value is -1.55. The molecule has 20 heavy (non-hydrogen) atoms. The van der Waals surface area contributed by atoms with Crippen molar-refractivity contribution in [1.82, 2.24) is 5.32 Å². The molecule has 1 aliphatic rings. The highest BCUT2D eigenvalue weighted by molar-refractivity contribution is 5.79. The average molecular weight is 277 g/mol. The second kappa shape index (κ2) is 7.29. The lowest BCUT2D eigenvalue weighted by molar-refractivity contribution is -0.134. The third-order valence-corrected chi connectivity index (χ3v) is 3.82. The summed E-state index contributed by atoms with van der Waals surface area (Å²) >= 11 is 0. The molecule has 0 unspecified atom stereocenters. The Morgan fingerprint density at radius 3 is 3.00 bits per heavy atom. The van der Waals surface area contributed by atoms with Crippen molar-refractivity contribution in [3.8, 4) is 5.75 Å². The molecule has 1 fully saturated rings. The van der Waals surface area contributed by atoms with Crippen LogP contribution in [0.25, 0.3) is 0 Å². The van der Waals surface area contributed by atoms with E-state index in [4.69, 9.17) is 9.47 Å². The molecular formula is C16H23NO3. The van der Waals surface area contributed by atoms with Gasteiger partial charge in [0.1, 0.15) is 5.75 Å². The van der Waals surface area contributed by atoms with Gasteiger partial charge < -0.3 is 14.8 Å². The number of carbonyl (C=O) groups excluding carboxylic acids is 1. The van der Waals surface area contributed by atoms with E-state index in [-0.39, 0.29) is 17.9 Å². The zero-order valence-corrected chi connectivity index (χ0v) is 12.2. The van der Waals surface area contributed by atoms with Gasteiger partial charge in [-0.05, 0) is 25.3 Å². The summed E-state index contributed by atoms with van der Waals surface area (Å²) in [7, 11) is 1.64. The van der Waals surface area contributed by atoms with Gasteiger partial charge in [0, 0.05) is 18.7 Å². The summed E-state index contributed by atoms with van der Waals surface area (Å²) in [4.78, 5) is 12.3. The molecule has 0 bridgehead atoms. The number of rotatable bonds is 5. The largest absolute Gasteiger partial charge is 0.496 e. The van der Waals surface area contributed by atoms with E-state index in [1.807, 2.05) is 24.3 Å². The summed E-state index contributed by atoms with van der Waals surface area (Å²) in [5.74, 6) is 0.866. The summed E-state index contributed by atoms with van der Waals surface area (Å²) < 4.78 is 11.0. The maximum Gasteiger partial charge on any atom is 0.226 e. The molecule has 0 aliphatic carbocycles. The standard InChI is InChI=1S/C16H23NO3/c1-3-14-13(8-6-10-20-14)16(18)17-11-12-7-4-5-9-15(12)19-2/h4-5,7,9,13-14H,3,6,8,10-11H2,1-2H3,(H,17,18)/t13-,14-/m0/s1. The maximum atomic E-state index is 12.3. The van der Waals surface area contributed by atoms with E-state index in [0.29, 0.717) is 6.54 Å². The number of ether oxygens (including phenoxy) is 2. The van der Waals surface area contributed by atoms with Crippen molar-refractivity contribution in [1.29, 1.82) is 0 Å². The molecule has 0 spiro atoms. The van der Waals surface area contributed by atoms with Crippen LogP contribution in [0, 0.1) is 5.92 Å². The fraction of sp³-hybridized carbons (Fsp3) is 0.562. The zero-order valence-electron chi connectivity index (χ0n) is 12.2. The van der Waals surface area contributed by atoms with Gasteiger partial charge in [-0.2, -0.15) is 0 Å². The van der Waals surface area contributed by atoms with Gasteiger partial charge in [-0.25, -0.2) is 0 Å². The Morgan fingerprint density at radius 2 is 2.25 bits per heavy atom. The number of nitrogens with one attached hydrogen (secondary N) is 1. The predicted molar refractivity (Wildman–Crippen MR) is 77.6 cm³/mol. The Morgan fingerprint density at radius 1 is 1.45 bits per heavy atom. The van der Waals surface area contributed by atoms with E-state index >= 15 is 0 Å². The molecule has 0 aromatic heterocycles. The van der Waals surface area contributed by atoms with Gasteiger partial charge in [-0.1, -0.05) is 25.1 Å². The molecule has 1 heterocycles. The number of amides is 1. The van der Waals surface area contributed by atoms with Crippen LogP contribution in [-0.4, -0.2) is 25.7 Å². The SMILES string of the molecule is CC[C@@H]1OCCC[C@@H]1C(=O)NCc1ccccc1OC. The van der Waals surface area contributed by atoms with Crippen molar-refractivity contribution >= 4 is 5.91 Å². The second-order valence-corrected chi connectivity index (χ2v) is 5.10.